The lowest BCUT2D eigenvalue weighted by atomic mass is 10.0. The van der Waals surface area contributed by atoms with Gasteiger partial charge in [0.15, 0.2) is 0 Å². The number of hydrogen-bond donors (Lipinski definition) is 1. The molecule has 4 nitrogen and oxygen atoms in total. The van der Waals surface area contributed by atoms with Crippen LogP contribution < -0.4 is 6.15 Å². The highest BCUT2D eigenvalue weighted by molar-refractivity contribution is 7.86. The van der Waals surface area contributed by atoms with Gasteiger partial charge in [-0.2, -0.15) is 8.42 Å². The fourth-order valence-corrected chi connectivity index (χ4v) is 5.38. The SMILES string of the molecule is CCCCCCCCCCCCCCCCOS(=O)(=O)CCCCCCCCCCCCF.N. The fraction of sp³-hybridized carbons (Fsp3) is 1.00. The van der Waals surface area contributed by atoms with Crippen molar-refractivity contribution in [3.8, 4) is 0 Å². The summed E-state index contributed by atoms with van der Waals surface area (Å²) in [5.41, 5.74) is 0. The molecule has 0 saturated carbocycles. The molecule has 0 rings (SSSR count). The molecule has 208 valence electrons. The molecule has 0 aromatic heterocycles. The van der Waals surface area contributed by atoms with Gasteiger partial charge >= 0.3 is 0 Å². The Morgan fingerprint density at radius 1 is 0.500 bits per heavy atom. The van der Waals surface area contributed by atoms with Crippen molar-refractivity contribution in [1.82, 2.24) is 6.15 Å². The topological polar surface area (TPSA) is 78.4 Å². The average molecular weight is 510 g/mol. The smallest absolute Gasteiger partial charge is 0.267 e. The van der Waals surface area contributed by atoms with E-state index in [2.05, 4.69) is 6.92 Å². The van der Waals surface area contributed by atoms with Crippen molar-refractivity contribution in [2.75, 3.05) is 19.0 Å². The Morgan fingerprint density at radius 3 is 1.21 bits per heavy atom. The maximum Gasteiger partial charge on any atom is 0.267 e. The van der Waals surface area contributed by atoms with Crippen LogP contribution in [-0.4, -0.2) is 27.5 Å². The molecule has 0 aromatic rings. The van der Waals surface area contributed by atoms with E-state index in [0.29, 0.717) is 19.4 Å². The van der Waals surface area contributed by atoms with Crippen LogP contribution in [0.2, 0.25) is 0 Å². The number of alkyl halides is 1. The molecule has 0 aromatic carbocycles. The van der Waals surface area contributed by atoms with E-state index in [9.17, 15) is 12.8 Å². The van der Waals surface area contributed by atoms with Crippen LogP contribution in [0, 0.1) is 0 Å². The third-order valence-electron chi connectivity index (χ3n) is 6.54. The zero-order valence-electron chi connectivity index (χ0n) is 22.8. The van der Waals surface area contributed by atoms with E-state index in [-0.39, 0.29) is 18.6 Å². The number of rotatable bonds is 28. The molecule has 0 aliphatic heterocycles. The van der Waals surface area contributed by atoms with Crippen molar-refractivity contribution in [3.05, 3.63) is 0 Å². The van der Waals surface area contributed by atoms with Crippen LogP contribution >= 0.6 is 0 Å². The van der Waals surface area contributed by atoms with Gasteiger partial charge in [-0.05, 0) is 19.3 Å². The Kier molecular flexibility index (Phi) is 30.7. The van der Waals surface area contributed by atoms with Gasteiger partial charge in [-0.15, -0.1) is 0 Å². The van der Waals surface area contributed by atoms with E-state index < -0.39 is 10.1 Å². The van der Waals surface area contributed by atoms with Gasteiger partial charge in [0.1, 0.15) is 0 Å². The van der Waals surface area contributed by atoms with Gasteiger partial charge < -0.3 is 6.15 Å². The Bertz CT molecular complexity index is 474. The minimum Gasteiger partial charge on any atom is -0.344 e. The summed E-state index contributed by atoms with van der Waals surface area (Å²) < 4.78 is 41.1. The van der Waals surface area contributed by atoms with Gasteiger partial charge in [0.05, 0.1) is 19.0 Å². The van der Waals surface area contributed by atoms with Crippen LogP contribution in [0.3, 0.4) is 0 Å². The van der Waals surface area contributed by atoms with Crippen LogP contribution in [0.5, 0.6) is 0 Å². The summed E-state index contributed by atoms with van der Waals surface area (Å²) in [6, 6.07) is 0. The van der Waals surface area contributed by atoms with Crippen LogP contribution in [-0.2, 0) is 14.3 Å². The third-order valence-corrected chi connectivity index (χ3v) is 7.85. The molecule has 0 aliphatic carbocycles. The number of halogens is 1. The Hall–Kier alpha value is -0.200. The van der Waals surface area contributed by atoms with Crippen molar-refractivity contribution in [1.29, 1.82) is 0 Å². The lowest BCUT2D eigenvalue weighted by Gasteiger charge is -2.06. The maximum absolute atomic E-state index is 12.0. The van der Waals surface area contributed by atoms with Crippen LogP contribution in [0.15, 0.2) is 0 Å². The lowest BCUT2D eigenvalue weighted by molar-refractivity contribution is 0.305. The summed E-state index contributed by atoms with van der Waals surface area (Å²) in [7, 11) is -3.34. The maximum atomic E-state index is 12.0. The van der Waals surface area contributed by atoms with Crippen molar-refractivity contribution < 1.29 is 17.0 Å². The normalized spacial score (nSPS) is 11.6. The Balaban J connectivity index is 0. The monoisotopic (exact) mass is 509 g/mol. The van der Waals surface area contributed by atoms with Gasteiger partial charge in [0, 0.05) is 0 Å². The van der Waals surface area contributed by atoms with Crippen LogP contribution in [0.4, 0.5) is 4.39 Å². The van der Waals surface area contributed by atoms with Gasteiger partial charge in [0.2, 0.25) is 0 Å². The van der Waals surface area contributed by atoms with Crippen LogP contribution in [0.1, 0.15) is 161 Å². The molecule has 0 atom stereocenters. The van der Waals surface area contributed by atoms with Crippen molar-refractivity contribution in [2.45, 2.75) is 161 Å². The van der Waals surface area contributed by atoms with E-state index in [4.69, 9.17) is 4.18 Å². The molecular weight excluding hydrogens is 449 g/mol. The molecule has 0 fully saturated rings. The third kappa shape index (κ3) is 29.8. The minimum atomic E-state index is -3.34. The highest BCUT2D eigenvalue weighted by Crippen LogP contribution is 2.14. The predicted octanol–water partition coefficient (Wildman–Crippen LogP) is 9.85. The predicted molar refractivity (Wildman–Crippen MR) is 147 cm³/mol. The first kappa shape index (κ1) is 36.0. The number of unbranched alkanes of at least 4 members (excludes halogenated alkanes) is 22. The van der Waals surface area contributed by atoms with E-state index >= 15 is 0 Å². The van der Waals surface area contributed by atoms with E-state index in [1.807, 2.05) is 0 Å². The summed E-state index contributed by atoms with van der Waals surface area (Å²) in [5.74, 6) is 0.162. The van der Waals surface area contributed by atoms with Crippen molar-refractivity contribution >= 4 is 10.1 Å². The highest BCUT2D eigenvalue weighted by atomic mass is 32.2. The summed E-state index contributed by atoms with van der Waals surface area (Å²) in [5, 5.41) is 0. The second kappa shape index (κ2) is 29.0. The average Bonchev–Trinajstić information content (AvgIpc) is 2.80. The van der Waals surface area contributed by atoms with E-state index in [1.165, 1.54) is 103 Å². The highest BCUT2D eigenvalue weighted by Gasteiger charge is 2.10. The summed E-state index contributed by atoms with van der Waals surface area (Å²) in [6.45, 7) is 2.43. The standard InChI is InChI=1S/C28H57FO3S.H3N/c1-2-3-4-5-6-7-8-9-10-12-15-18-21-24-27-32-33(30,31)28-25-22-19-16-13-11-14-17-20-23-26-29;/h2-28H2,1H3;1H3. The lowest BCUT2D eigenvalue weighted by Crippen LogP contribution is -2.11. The van der Waals surface area contributed by atoms with Gasteiger partial charge in [-0.1, -0.05) is 142 Å². The molecule has 0 unspecified atom stereocenters. The summed E-state index contributed by atoms with van der Waals surface area (Å²) in [6.07, 6.45) is 28.6. The number of hydrogen-bond acceptors (Lipinski definition) is 4. The van der Waals surface area contributed by atoms with Gasteiger partial charge in [-0.3, -0.25) is 8.57 Å². The summed E-state index contributed by atoms with van der Waals surface area (Å²) >= 11 is 0. The van der Waals surface area contributed by atoms with Gasteiger partial charge in [-0.25, -0.2) is 0 Å². The molecule has 0 radical (unpaired) electrons. The Labute approximate surface area is 213 Å². The molecule has 6 heteroatoms. The minimum absolute atomic E-state index is 0. The molecule has 34 heavy (non-hydrogen) atoms. The van der Waals surface area contributed by atoms with Crippen molar-refractivity contribution in [2.24, 2.45) is 0 Å². The van der Waals surface area contributed by atoms with E-state index in [0.717, 1.165) is 38.5 Å². The second-order valence-electron chi connectivity index (χ2n) is 9.90. The molecule has 0 spiro atoms. The molecule has 0 heterocycles. The second-order valence-corrected chi connectivity index (χ2v) is 11.7. The molecule has 0 aliphatic rings. The first-order valence-electron chi connectivity index (χ1n) is 14.6. The first-order valence-corrected chi connectivity index (χ1v) is 16.1. The summed E-state index contributed by atoms with van der Waals surface area (Å²) in [4.78, 5) is 0. The quantitative estimate of drug-likeness (QED) is 0.0840. The Morgan fingerprint density at radius 2 is 0.824 bits per heavy atom. The molecule has 0 saturated heterocycles. The molecule has 0 amide bonds. The first-order chi connectivity index (χ1) is 16.1. The van der Waals surface area contributed by atoms with Crippen molar-refractivity contribution in [3.63, 3.8) is 0 Å². The fourth-order valence-electron chi connectivity index (χ4n) is 4.33. The van der Waals surface area contributed by atoms with Crippen LogP contribution in [0.25, 0.3) is 0 Å². The zero-order chi connectivity index (χ0) is 24.3. The zero-order valence-corrected chi connectivity index (χ0v) is 23.6. The molecular formula is C28H60FNO3S. The largest absolute Gasteiger partial charge is 0.344 e. The molecule has 0 bridgehead atoms. The molecule has 3 N–H and O–H groups in total. The van der Waals surface area contributed by atoms with E-state index in [1.54, 1.807) is 0 Å². The van der Waals surface area contributed by atoms with Gasteiger partial charge in [0.25, 0.3) is 10.1 Å².